The van der Waals surface area contributed by atoms with Crippen molar-refractivity contribution in [2.45, 2.75) is 0 Å². The number of nitro groups is 1. The monoisotopic (exact) mass is 330 g/mol. The number of allylic oxidation sites excluding steroid dienone is 1. The first-order valence-electron chi connectivity index (χ1n) is 6.28. The van der Waals surface area contributed by atoms with Crippen LogP contribution in [0.5, 0.6) is 0 Å². The van der Waals surface area contributed by atoms with Gasteiger partial charge < -0.3 is 0 Å². The van der Waals surface area contributed by atoms with Gasteiger partial charge in [-0.1, -0.05) is 11.6 Å². The number of hydrogen-bond acceptors (Lipinski definition) is 4. The number of non-ortho nitro benzene ring substituents is 1. The Balaban J connectivity index is 2.45. The highest BCUT2D eigenvalue weighted by Gasteiger charge is 2.15. The average molecular weight is 331 g/mol. The van der Waals surface area contributed by atoms with Crippen LogP contribution in [0.1, 0.15) is 15.9 Å². The van der Waals surface area contributed by atoms with Crippen LogP contribution in [0.25, 0.3) is 6.08 Å². The van der Waals surface area contributed by atoms with Crippen LogP contribution in [0.2, 0.25) is 5.02 Å². The number of benzene rings is 2. The Morgan fingerprint density at radius 3 is 2.48 bits per heavy atom. The summed E-state index contributed by atoms with van der Waals surface area (Å²) in [5.41, 5.74) is -0.181. The van der Waals surface area contributed by atoms with Gasteiger partial charge in [-0.2, -0.15) is 5.26 Å². The molecule has 2 rings (SSSR count). The van der Waals surface area contributed by atoms with Gasteiger partial charge in [-0.25, -0.2) is 4.39 Å². The predicted molar refractivity (Wildman–Crippen MR) is 82.4 cm³/mol. The molecule has 2 aromatic carbocycles. The van der Waals surface area contributed by atoms with Gasteiger partial charge in [-0.15, -0.1) is 0 Å². The number of carbonyl (C=O) groups excluding carboxylic acids is 1. The van der Waals surface area contributed by atoms with Crippen LogP contribution in [-0.2, 0) is 0 Å². The first kappa shape index (κ1) is 16.3. The van der Waals surface area contributed by atoms with E-state index in [4.69, 9.17) is 16.9 Å². The molecule has 0 radical (unpaired) electrons. The molecule has 0 saturated heterocycles. The number of rotatable bonds is 4. The lowest BCUT2D eigenvalue weighted by Crippen LogP contribution is -2.02. The molecule has 0 fully saturated rings. The number of halogens is 2. The highest BCUT2D eigenvalue weighted by Crippen LogP contribution is 2.25. The zero-order valence-electron chi connectivity index (χ0n) is 11.5. The zero-order chi connectivity index (χ0) is 17.0. The van der Waals surface area contributed by atoms with Crippen LogP contribution in [-0.4, -0.2) is 10.7 Å². The van der Waals surface area contributed by atoms with Gasteiger partial charge in [-0.05, 0) is 36.4 Å². The molecular weight excluding hydrogens is 323 g/mol. The van der Waals surface area contributed by atoms with Crippen LogP contribution >= 0.6 is 11.6 Å². The van der Waals surface area contributed by atoms with Crippen LogP contribution < -0.4 is 0 Å². The van der Waals surface area contributed by atoms with Gasteiger partial charge in [0.1, 0.15) is 17.5 Å². The molecule has 7 heteroatoms. The Labute approximate surface area is 135 Å². The fourth-order valence-electron chi connectivity index (χ4n) is 1.82. The van der Waals surface area contributed by atoms with Crippen molar-refractivity contribution in [2.24, 2.45) is 0 Å². The van der Waals surface area contributed by atoms with E-state index in [1.807, 2.05) is 0 Å². The maximum Gasteiger partial charge on any atom is 0.270 e. The number of nitrogens with zero attached hydrogens (tertiary/aromatic N) is 2. The van der Waals surface area contributed by atoms with E-state index in [0.29, 0.717) is 0 Å². The number of Topliss-reactive ketones (excluding diaryl/α,β-unsaturated/α-hetero) is 1. The summed E-state index contributed by atoms with van der Waals surface area (Å²) in [7, 11) is 0. The summed E-state index contributed by atoms with van der Waals surface area (Å²) in [4.78, 5) is 22.4. The molecular formula is C16H8ClFN2O3. The summed E-state index contributed by atoms with van der Waals surface area (Å²) < 4.78 is 12.9. The molecule has 0 unspecified atom stereocenters. The van der Waals surface area contributed by atoms with Gasteiger partial charge in [0.25, 0.3) is 5.69 Å². The minimum Gasteiger partial charge on any atom is -0.288 e. The Morgan fingerprint density at radius 2 is 1.91 bits per heavy atom. The lowest BCUT2D eigenvalue weighted by molar-refractivity contribution is -0.384. The van der Waals surface area contributed by atoms with Gasteiger partial charge in [-0.3, -0.25) is 14.9 Å². The molecule has 0 aliphatic heterocycles. The highest BCUT2D eigenvalue weighted by atomic mass is 35.5. The molecule has 0 aromatic heterocycles. The van der Waals surface area contributed by atoms with Crippen molar-refractivity contribution in [3.8, 4) is 6.07 Å². The third kappa shape index (κ3) is 3.78. The largest absolute Gasteiger partial charge is 0.288 e. The Hall–Kier alpha value is -3.04. The zero-order valence-corrected chi connectivity index (χ0v) is 12.2. The van der Waals surface area contributed by atoms with Crippen molar-refractivity contribution < 1.29 is 14.1 Å². The first-order chi connectivity index (χ1) is 10.9. The molecule has 0 amide bonds. The minimum atomic E-state index is -0.630. The van der Waals surface area contributed by atoms with Gasteiger partial charge in [0.05, 0.1) is 4.92 Å². The molecule has 0 aliphatic carbocycles. The van der Waals surface area contributed by atoms with E-state index < -0.39 is 16.5 Å². The number of hydrogen-bond donors (Lipinski definition) is 0. The van der Waals surface area contributed by atoms with E-state index in [1.54, 1.807) is 6.07 Å². The summed E-state index contributed by atoms with van der Waals surface area (Å²) >= 11 is 5.94. The van der Waals surface area contributed by atoms with E-state index >= 15 is 0 Å². The molecule has 114 valence electrons. The molecule has 0 saturated carbocycles. The van der Waals surface area contributed by atoms with E-state index in [2.05, 4.69) is 0 Å². The van der Waals surface area contributed by atoms with Crippen LogP contribution in [0.15, 0.2) is 48.0 Å². The Kier molecular flexibility index (Phi) is 4.84. The summed E-state index contributed by atoms with van der Waals surface area (Å²) in [5.74, 6) is -1.14. The molecule has 0 atom stereocenters. The number of carbonyl (C=O) groups is 1. The van der Waals surface area contributed by atoms with Gasteiger partial charge in [0.2, 0.25) is 5.78 Å². The van der Waals surface area contributed by atoms with E-state index in [9.17, 15) is 19.3 Å². The van der Waals surface area contributed by atoms with Crippen LogP contribution in [0, 0.1) is 27.3 Å². The molecule has 5 nitrogen and oxygen atoms in total. The number of nitro benzene ring substituents is 1. The second-order valence-corrected chi connectivity index (χ2v) is 4.88. The van der Waals surface area contributed by atoms with Gasteiger partial charge in [0, 0.05) is 28.3 Å². The summed E-state index contributed by atoms with van der Waals surface area (Å²) in [6, 6.07) is 10.1. The highest BCUT2D eigenvalue weighted by molar-refractivity contribution is 6.32. The van der Waals surface area contributed by atoms with Crippen molar-refractivity contribution in [1.29, 1.82) is 5.26 Å². The van der Waals surface area contributed by atoms with E-state index in [-0.39, 0.29) is 27.4 Å². The minimum absolute atomic E-state index is 0.126. The van der Waals surface area contributed by atoms with Gasteiger partial charge >= 0.3 is 0 Å². The smallest absolute Gasteiger partial charge is 0.270 e. The van der Waals surface area contributed by atoms with Crippen LogP contribution in [0.3, 0.4) is 0 Å². The van der Waals surface area contributed by atoms with Crippen LogP contribution in [0.4, 0.5) is 10.1 Å². The molecule has 0 bridgehead atoms. The van der Waals surface area contributed by atoms with Crippen molar-refractivity contribution in [2.75, 3.05) is 0 Å². The molecule has 2 aromatic rings. The number of nitriles is 1. The van der Waals surface area contributed by atoms with Crippen molar-refractivity contribution >= 4 is 29.1 Å². The lowest BCUT2D eigenvalue weighted by atomic mass is 10.0. The normalized spacial score (nSPS) is 10.9. The quantitative estimate of drug-likeness (QED) is 0.277. The second-order valence-electron chi connectivity index (χ2n) is 4.47. The summed E-state index contributed by atoms with van der Waals surface area (Å²) in [6.45, 7) is 0. The van der Waals surface area contributed by atoms with Crippen molar-refractivity contribution in [3.63, 3.8) is 0 Å². The average Bonchev–Trinajstić information content (AvgIpc) is 2.54. The molecule has 0 heterocycles. The third-order valence-corrected chi connectivity index (χ3v) is 3.31. The molecule has 23 heavy (non-hydrogen) atoms. The standard InChI is InChI=1S/C16H8ClFN2O3/c17-15-6-5-14(20(22)23)8-11(15)7-12(9-19)16(21)10-1-3-13(18)4-2-10/h1-8H/b12-7+. The third-order valence-electron chi connectivity index (χ3n) is 2.96. The van der Waals surface area contributed by atoms with Crippen molar-refractivity contribution in [3.05, 3.63) is 80.1 Å². The lowest BCUT2D eigenvalue weighted by Gasteiger charge is -2.02. The summed E-state index contributed by atoms with van der Waals surface area (Å²) in [5, 5.41) is 20.1. The maximum atomic E-state index is 12.9. The predicted octanol–water partition coefficient (Wildman–Crippen LogP) is 4.18. The fourth-order valence-corrected chi connectivity index (χ4v) is 1.99. The molecule has 0 aliphatic rings. The maximum absolute atomic E-state index is 12.9. The SMILES string of the molecule is N#C/C(=C\c1cc([N+](=O)[O-])ccc1Cl)C(=O)c1ccc(F)cc1. The topological polar surface area (TPSA) is 84.0 Å². The van der Waals surface area contributed by atoms with E-state index in [1.165, 1.54) is 30.3 Å². The van der Waals surface area contributed by atoms with Gasteiger partial charge in [0.15, 0.2) is 0 Å². The Bertz CT molecular complexity index is 855. The first-order valence-corrected chi connectivity index (χ1v) is 6.66. The summed E-state index contributed by atoms with van der Waals surface area (Å²) in [6.07, 6.45) is 1.17. The molecule has 0 spiro atoms. The van der Waals surface area contributed by atoms with E-state index in [0.717, 1.165) is 18.2 Å². The fraction of sp³-hybridized carbons (Fsp3) is 0. The second kappa shape index (κ2) is 6.81. The Morgan fingerprint density at radius 1 is 1.26 bits per heavy atom. The molecule has 0 N–H and O–H groups in total. The van der Waals surface area contributed by atoms with Crippen molar-refractivity contribution in [1.82, 2.24) is 0 Å². The number of ketones is 1.